The summed E-state index contributed by atoms with van der Waals surface area (Å²) in [6.45, 7) is 3.78. The monoisotopic (exact) mass is 167 g/mol. The van der Waals surface area contributed by atoms with E-state index in [1.807, 2.05) is 6.92 Å². The fraction of sp³-hybridized carbons (Fsp3) is 0.625. The number of nitrogens with one attached hydrogen (secondary N) is 2. The Kier molecular flexibility index (Phi) is 1.86. The maximum Gasteiger partial charge on any atom is 0.103 e. The molecule has 2 rings (SSSR count). The Morgan fingerprint density at radius 3 is 3.25 bits per heavy atom. The van der Waals surface area contributed by atoms with Gasteiger partial charge in [-0.15, -0.1) is 0 Å². The second-order valence-electron chi connectivity index (χ2n) is 3.20. The molecule has 0 aromatic carbocycles. The van der Waals surface area contributed by atoms with Crippen molar-refractivity contribution in [3.8, 4) is 0 Å². The van der Waals surface area contributed by atoms with Crippen molar-refractivity contribution in [3.05, 3.63) is 17.2 Å². The van der Waals surface area contributed by atoms with E-state index in [0.717, 1.165) is 30.3 Å². The number of aliphatic hydroxyl groups excluding tert-OH is 1. The molecule has 1 aliphatic rings. The second-order valence-corrected chi connectivity index (χ2v) is 3.20. The van der Waals surface area contributed by atoms with Gasteiger partial charge in [-0.2, -0.15) is 0 Å². The van der Waals surface area contributed by atoms with Gasteiger partial charge in [0.15, 0.2) is 0 Å². The van der Waals surface area contributed by atoms with Gasteiger partial charge in [-0.25, -0.2) is 4.98 Å². The Morgan fingerprint density at radius 1 is 1.67 bits per heavy atom. The molecule has 0 amide bonds. The van der Waals surface area contributed by atoms with Gasteiger partial charge in [-0.1, -0.05) is 0 Å². The van der Waals surface area contributed by atoms with Crippen LogP contribution < -0.4 is 5.32 Å². The lowest BCUT2D eigenvalue weighted by Gasteiger charge is -2.19. The Labute approximate surface area is 71.0 Å². The Morgan fingerprint density at radius 2 is 2.50 bits per heavy atom. The van der Waals surface area contributed by atoms with Crippen molar-refractivity contribution in [2.45, 2.75) is 19.4 Å². The number of H-pyrrole nitrogens is 1. The maximum absolute atomic E-state index is 9.05. The summed E-state index contributed by atoms with van der Waals surface area (Å²) in [5.41, 5.74) is 2.16. The predicted molar refractivity (Wildman–Crippen MR) is 44.9 cm³/mol. The Balaban J connectivity index is 2.36. The molecule has 2 heterocycles. The SMILES string of the molecule is Cc1nc2c([nH]1)CNCC2CO. The number of hydrogen-bond acceptors (Lipinski definition) is 3. The lowest BCUT2D eigenvalue weighted by Crippen LogP contribution is -2.30. The van der Waals surface area contributed by atoms with Crippen LogP contribution in [0.25, 0.3) is 0 Å². The molecular formula is C8H13N3O. The summed E-state index contributed by atoms with van der Waals surface area (Å²) in [6, 6.07) is 0. The summed E-state index contributed by atoms with van der Waals surface area (Å²) in [5.74, 6) is 1.10. The van der Waals surface area contributed by atoms with Crippen LogP contribution in [0.15, 0.2) is 0 Å². The highest BCUT2D eigenvalue weighted by atomic mass is 16.3. The van der Waals surface area contributed by atoms with Gasteiger partial charge in [-0.3, -0.25) is 0 Å². The van der Waals surface area contributed by atoms with Crippen LogP contribution in [0.5, 0.6) is 0 Å². The molecule has 12 heavy (non-hydrogen) atoms. The smallest absolute Gasteiger partial charge is 0.103 e. The lowest BCUT2D eigenvalue weighted by molar-refractivity contribution is 0.254. The average molecular weight is 167 g/mol. The summed E-state index contributed by atoms with van der Waals surface area (Å²) in [7, 11) is 0. The van der Waals surface area contributed by atoms with E-state index in [9.17, 15) is 0 Å². The van der Waals surface area contributed by atoms with Crippen LogP contribution in [0.1, 0.15) is 23.1 Å². The van der Waals surface area contributed by atoms with Crippen molar-refractivity contribution in [1.29, 1.82) is 0 Å². The number of aryl methyl sites for hydroxylation is 1. The summed E-state index contributed by atoms with van der Waals surface area (Å²) in [4.78, 5) is 7.52. The third-order valence-electron chi connectivity index (χ3n) is 2.23. The molecule has 0 fully saturated rings. The third kappa shape index (κ3) is 1.13. The number of hydrogen-bond donors (Lipinski definition) is 3. The van der Waals surface area contributed by atoms with Crippen LogP contribution in [0.4, 0.5) is 0 Å². The molecule has 1 aliphatic heterocycles. The molecule has 0 spiro atoms. The molecule has 3 N–H and O–H groups in total. The molecule has 0 saturated carbocycles. The minimum atomic E-state index is 0.165. The zero-order valence-electron chi connectivity index (χ0n) is 7.09. The molecule has 1 aromatic rings. The van der Waals surface area contributed by atoms with Crippen molar-refractivity contribution < 1.29 is 5.11 Å². The summed E-state index contributed by atoms with van der Waals surface area (Å²) in [6.07, 6.45) is 0. The fourth-order valence-electron chi connectivity index (χ4n) is 1.65. The van der Waals surface area contributed by atoms with Crippen molar-refractivity contribution >= 4 is 0 Å². The molecule has 1 unspecified atom stereocenters. The van der Waals surface area contributed by atoms with Gasteiger partial charge in [-0.05, 0) is 6.92 Å². The molecule has 0 bridgehead atoms. The number of rotatable bonds is 1. The van der Waals surface area contributed by atoms with E-state index in [2.05, 4.69) is 15.3 Å². The average Bonchev–Trinajstić information content (AvgIpc) is 2.44. The molecule has 4 heteroatoms. The molecule has 4 nitrogen and oxygen atoms in total. The standard InChI is InChI=1S/C8H13N3O/c1-5-10-7-3-9-2-6(4-12)8(7)11-5/h6,9,12H,2-4H2,1H3,(H,10,11). The van der Waals surface area contributed by atoms with Crippen LogP contribution in [-0.4, -0.2) is 28.2 Å². The van der Waals surface area contributed by atoms with Crippen LogP contribution in [0.3, 0.4) is 0 Å². The second kappa shape index (κ2) is 2.88. The van der Waals surface area contributed by atoms with E-state index in [-0.39, 0.29) is 12.5 Å². The fourth-order valence-corrected chi connectivity index (χ4v) is 1.65. The van der Waals surface area contributed by atoms with Crippen LogP contribution in [-0.2, 0) is 6.54 Å². The Hall–Kier alpha value is -0.870. The summed E-state index contributed by atoms with van der Waals surface area (Å²) < 4.78 is 0. The molecule has 1 aromatic heterocycles. The zero-order valence-corrected chi connectivity index (χ0v) is 7.09. The summed E-state index contributed by atoms with van der Waals surface area (Å²) >= 11 is 0. The number of aromatic nitrogens is 2. The highest BCUT2D eigenvalue weighted by molar-refractivity contribution is 5.21. The first-order valence-electron chi connectivity index (χ1n) is 4.18. The third-order valence-corrected chi connectivity index (χ3v) is 2.23. The molecule has 0 saturated heterocycles. The first-order valence-corrected chi connectivity index (χ1v) is 4.18. The van der Waals surface area contributed by atoms with Crippen LogP contribution in [0.2, 0.25) is 0 Å². The number of imidazole rings is 1. The van der Waals surface area contributed by atoms with Gasteiger partial charge in [0.1, 0.15) is 5.82 Å². The van der Waals surface area contributed by atoms with Gasteiger partial charge in [0.25, 0.3) is 0 Å². The highest BCUT2D eigenvalue weighted by Gasteiger charge is 2.22. The maximum atomic E-state index is 9.05. The van der Waals surface area contributed by atoms with Crippen molar-refractivity contribution in [2.75, 3.05) is 13.2 Å². The first-order chi connectivity index (χ1) is 5.81. The molecular weight excluding hydrogens is 154 g/mol. The largest absolute Gasteiger partial charge is 0.396 e. The van der Waals surface area contributed by atoms with E-state index < -0.39 is 0 Å². The van der Waals surface area contributed by atoms with Gasteiger partial charge >= 0.3 is 0 Å². The van der Waals surface area contributed by atoms with Crippen molar-refractivity contribution in [1.82, 2.24) is 15.3 Å². The van der Waals surface area contributed by atoms with E-state index >= 15 is 0 Å². The number of aliphatic hydroxyl groups is 1. The molecule has 1 atom stereocenters. The Bertz CT molecular complexity index is 282. The molecule has 0 radical (unpaired) electrons. The highest BCUT2D eigenvalue weighted by Crippen LogP contribution is 2.20. The molecule has 0 aliphatic carbocycles. The zero-order chi connectivity index (χ0) is 8.55. The first kappa shape index (κ1) is 7.76. The number of aromatic amines is 1. The number of nitrogens with zero attached hydrogens (tertiary/aromatic N) is 1. The van der Waals surface area contributed by atoms with Gasteiger partial charge in [0.05, 0.1) is 18.0 Å². The lowest BCUT2D eigenvalue weighted by atomic mass is 10.0. The minimum Gasteiger partial charge on any atom is -0.396 e. The van der Waals surface area contributed by atoms with Crippen molar-refractivity contribution in [2.24, 2.45) is 0 Å². The minimum absolute atomic E-state index is 0.165. The van der Waals surface area contributed by atoms with E-state index in [1.54, 1.807) is 0 Å². The van der Waals surface area contributed by atoms with E-state index in [1.165, 1.54) is 0 Å². The van der Waals surface area contributed by atoms with Gasteiger partial charge in [0, 0.05) is 19.0 Å². The quantitative estimate of drug-likeness (QED) is 0.547. The summed E-state index contributed by atoms with van der Waals surface area (Å²) in [5, 5.41) is 12.3. The van der Waals surface area contributed by atoms with Gasteiger partial charge < -0.3 is 15.4 Å². The topological polar surface area (TPSA) is 60.9 Å². The van der Waals surface area contributed by atoms with Crippen LogP contribution in [0, 0.1) is 6.92 Å². The molecule has 66 valence electrons. The van der Waals surface area contributed by atoms with Crippen LogP contribution >= 0.6 is 0 Å². The van der Waals surface area contributed by atoms with Gasteiger partial charge in [0.2, 0.25) is 0 Å². The van der Waals surface area contributed by atoms with Crippen molar-refractivity contribution in [3.63, 3.8) is 0 Å². The number of fused-ring (bicyclic) bond motifs is 1. The van der Waals surface area contributed by atoms with E-state index in [4.69, 9.17) is 5.11 Å². The predicted octanol–water partition coefficient (Wildman–Crippen LogP) is -0.103. The normalized spacial score (nSPS) is 22.3. The van der Waals surface area contributed by atoms with E-state index in [0.29, 0.717) is 0 Å².